The molecule has 0 aromatic heterocycles. The lowest BCUT2D eigenvalue weighted by Crippen LogP contribution is -2.40. The summed E-state index contributed by atoms with van der Waals surface area (Å²) in [5, 5.41) is 0. The number of carbonyl (C=O) groups is 2. The predicted octanol–water partition coefficient (Wildman–Crippen LogP) is 5.05. The van der Waals surface area contributed by atoms with Crippen molar-refractivity contribution in [1.29, 1.82) is 0 Å². The minimum atomic E-state index is 0.333. The lowest BCUT2D eigenvalue weighted by molar-refractivity contribution is -0.129. The molecule has 142 valence electrons. The monoisotopic (exact) mass is 354 g/mol. The smallest absolute Gasteiger partial charge is 0.139 e. The van der Waals surface area contributed by atoms with Gasteiger partial charge < -0.3 is 0 Å². The SMILES string of the molecule is O=C1C2CCCCC2C2CC3C(=O)C4CCC5CCCCC5C4C3CC12. The molecule has 6 aliphatic rings. The van der Waals surface area contributed by atoms with E-state index in [4.69, 9.17) is 0 Å². The maximum absolute atomic E-state index is 13.4. The average molecular weight is 355 g/mol. The number of carbonyl (C=O) groups excluding carboxylic acids is 2. The van der Waals surface area contributed by atoms with Crippen LogP contribution in [0.5, 0.6) is 0 Å². The molecule has 0 heterocycles. The van der Waals surface area contributed by atoms with Gasteiger partial charge in [-0.05, 0) is 80.5 Å². The first kappa shape index (κ1) is 16.3. The van der Waals surface area contributed by atoms with Crippen LogP contribution in [-0.4, -0.2) is 11.6 Å². The highest BCUT2D eigenvalue weighted by molar-refractivity contribution is 5.90. The summed E-state index contributed by atoms with van der Waals surface area (Å²) in [5.74, 6) is 6.84. The summed E-state index contributed by atoms with van der Waals surface area (Å²) in [6.07, 6.45) is 15.2. The van der Waals surface area contributed by atoms with E-state index in [-0.39, 0.29) is 0 Å². The Morgan fingerprint density at radius 3 is 2.04 bits per heavy atom. The molecule has 26 heavy (non-hydrogen) atoms. The second-order valence-corrected chi connectivity index (χ2v) is 10.8. The summed E-state index contributed by atoms with van der Waals surface area (Å²) in [4.78, 5) is 26.6. The molecule has 0 amide bonds. The fraction of sp³-hybridized carbons (Fsp3) is 0.917. The molecule has 0 bridgehead atoms. The highest BCUT2D eigenvalue weighted by Crippen LogP contribution is 2.63. The lowest BCUT2D eigenvalue weighted by Gasteiger charge is -2.46. The molecule has 2 heteroatoms. The Labute approximate surface area is 157 Å². The van der Waals surface area contributed by atoms with Gasteiger partial charge in [-0.1, -0.05) is 32.1 Å². The molecule has 6 rings (SSSR count). The molecule has 0 N–H and O–H groups in total. The zero-order valence-corrected chi connectivity index (χ0v) is 16.1. The highest BCUT2D eigenvalue weighted by atomic mass is 16.1. The van der Waals surface area contributed by atoms with Crippen LogP contribution in [0.25, 0.3) is 0 Å². The van der Waals surface area contributed by atoms with Gasteiger partial charge in [0.25, 0.3) is 0 Å². The molecule has 10 unspecified atom stereocenters. The van der Waals surface area contributed by atoms with Crippen molar-refractivity contribution in [3.63, 3.8) is 0 Å². The first-order valence-corrected chi connectivity index (χ1v) is 11.8. The molecule has 6 fully saturated rings. The number of hydrogen-bond donors (Lipinski definition) is 0. The van der Waals surface area contributed by atoms with E-state index in [0.717, 1.165) is 31.1 Å². The van der Waals surface area contributed by atoms with Crippen molar-refractivity contribution in [2.45, 2.75) is 77.0 Å². The highest BCUT2D eigenvalue weighted by Gasteiger charge is 2.62. The molecule has 6 aliphatic carbocycles. The average Bonchev–Trinajstić information content (AvgIpc) is 3.13. The van der Waals surface area contributed by atoms with E-state index in [9.17, 15) is 9.59 Å². The number of hydrogen-bond acceptors (Lipinski definition) is 2. The van der Waals surface area contributed by atoms with Crippen molar-refractivity contribution >= 4 is 11.6 Å². The van der Waals surface area contributed by atoms with Crippen LogP contribution < -0.4 is 0 Å². The van der Waals surface area contributed by atoms with Crippen molar-refractivity contribution in [3.8, 4) is 0 Å². The van der Waals surface area contributed by atoms with Gasteiger partial charge >= 0.3 is 0 Å². The topological polar surface area (TPSA) is 34.1 Å². The van der Waals surface area contributed by atoms with Crippen molar-refractivity contribution in [2.24, 2.45) is 59.2 Å². The van der Waals surface area contributed by atoms with Crippen LogP contribution in [0.1, 0.15) is 77.0 Å². The van der Waals surface area contributed by atoms with Crippen molar-refractivity contribution in [1.82, 2.24) is 0 Å². The summed E-state index contributed by atoms with van der Waals surface area (Å²) in [6, 6.07) is 0. The third-order valence-corrected chi connectivity index (χ3v) is 10.2. The maximum Gasteiger partial charge on any atom is 0.139 e. The summed E-state index contributed by atoms with van der Waals surface area (Å²) >= 11 is 0. The van der Waals surface area contributed by atoms with Gasteiger partial charge in [-0.25, -0.2) is 0 Å². The first-order chi connectivity index (χ1) is 12.7. The van der Waals surface area contributed by atoms with Crippen molar-refractivity contribution in [2.75, 3.05) is 0 Å². The van der Waals surface area contributed by atoms with Gasteiger partial charge in [0.1, 0.15) is 11.6 Å². The largest absolute Gasteiger partial charge is 0.299 e. The van der Waals surface area contributed by atoms with E-state index in [1.165, 1.54) is 57.8 Å². The second kappa shape index (κ2) is 5.92. The van der Waals surface area contributed by atoms with Crippen LogP contribution in [-0.2, 0) is 9.59 Å². The van der Waals surface area contributed by atoms with Gasteiger partial charge in [0.05, 0.1) is 0 Å². The molecular weight excluding hydrogens is 320 g/mol. The van der Waals surface area contributed by atoms with E-state index in [1.54, 1.807) is 0 Å². The number of fused-ring (bicyclic) bond motifs is 8. The van der Waals surface area contributed by atoms with E-state index < -0.39 is 0 Å². The molecule has 0 spiro atoms. The molecule has 0 saturated heterocycles. The van der Waals surface area contributed by atoms with Crippen LogP contribution in [0.3, 0.4) is 0 Å². The van der Waals surface area contributed by atoms with E-state index >= 15 is 0 Å². The summed E-state index contributed by atoms with van der Waals surface area (Å²) in [6.45, 7) is 0. The Balaban J connectivity index is 1.32. The van der Waals surface area contributed by atoms with Gasteiger partial charge in [-0.3, -0.25) is 9.59 Å². The molecule has 0 radical (unpaired) electrons. The van der Waals surface area contributed by atoms with E-state index in [2.05, 4.69) is 0 Å². The standard InChI is InChI=1S/C24H34O2/c25-23-16-8-4-3-7-15(16)18-11-21-19(12-20(18)23)22-14-6-2-1-5-13(14)9-10-17(22)24(21)26/h13-22H,1-12H2. The molecule has 10 atom stereocenters. The molecule has 0 aromatic carbocycles. The Morgan fingerprint density at radius 1 is 0.500 bits per heavy atom. The van der Waals surface area contributed by atoms with Crippen LogP contribution in [0.4, 0.5) is 0 Å². The predicted molar refractivity (Wildman–Crippen MR) is 100 cm³/mol. The fourth-order valence-corrected chi connectivity index (χ4v) is 9.33. The molecule has 0 aromatic rings. The van der Waals surface area contributed by atoms with Gasteiger partial charge in [0.15, 0.2) is 0 Å². The van der Waals surface area contributed by atoms with Crippen LogP contribution in [0, 0.1) is 59.2 Å². The zero-order valence-electron chi connectivity index (χ0n) is 16.1. The van der Waals surface area contributed by atoms with Gasteiger partial charge in [-0.2, -0.15) is 0 Å². The lowest BCUT2D eigenvalue weighted by atomic mass is 9.58. The molecule has 6 saturated carbocycles. The van der Waals surface area contributed by atoms with Gasteiger partial charge in [0, 0.05) is 23.7 Å². The molecule has 2 nitrogen and oxygen atoms in total. The van der Waals surface area contributed by atoms with E-state index in [0.29, 0.717) is 58.9 Å². The maximum atomic E-state index is 13.4. The van der Waals surface area contributed by atoms with Crippen LogP contribution in [0.2, 0.25) is 0 Å². The summed E-state index contributed by atoms with van der Waals surface area (Å²) in [7, 11) is 0. The Bertz CT molecular complexity index is 624. The molecule has 0 aliphatic heterocycles. The Morgan fingerprint density at radius 2 is 1.15 bits per heavy atom. The summed E-state index contributed by atoms with van der Waals surface area (Å²) < 4.78 is 0. The third-order valence-electron chi connectivity index (χ3n) is 10.2. The Hall–Kier alpha value is -0.660. The minimum absolute atomic E-state index is 0.333. The normalized spacial score (nSPS) is 55.5. The fourth-order valence-electron chi connectivity index (χ4n) is 9.33. The van der Waals surface area contributed by atoms with E-state index in [1.807, 2.05) is 0 Å². The van der Waals surface area contributed by atoms with Gasteiger partial charge in [-0.15, -0.1) is 0 Å². The van der Waals surface area contributed by atoms with Crippen molar-refractivity contribution < 1.29 is 9.59 Å². The second-order valence-electron chi connectivity index (χ2n) is 10.8. The molecular formula is C24H34O2. The number of rotatable bonds is 0. The minimum Gasteiger partial charge on any atom is -0.299 e. The summed E-state index contributed by atoms with van der Waals surface area (Å²) in [5.41, 5.74) is 0. The first-order valence-electron chi connectivity index (χ1n) is 11.8. The van der Waals surface area contributed by atoms with Crippen LogP contribution >= 0.6 is 0 Å². The quantitative estimate of drug-likeness (QED) is 0.610. The number of ketones is 2. The Kier molecular flexibility index (Phi) is 3.71. The number of Topliss-reactive ketones (excluding diaryl/α,β-unsaturated/α-hetero) is 2. The zero-order chi connectivity index (χ0) is 17.4. The van der Waals surface area contributed by atoms with Crippen molar-refractivity contribution in [3.05, 3.63) is 0 Å². The third kappa shape index (κ3) is 2.11. The van der Waals surface area contributed by atoms with Gasteiger partial charge in [0.2, 0.25) is 0 Å². The van der Waals surface area contributed by atoms with Crippen LogP contribution in [0.15, 0.2) is 0 Å².